The van der Waals surface area contributed by atoms with Crippen molar-refractivity contribution in [1.82, 2.24) is 25.5 Å². The lowest BCUT2D eigenvalue weighted by atomic mass is 9.95. The molecule has 2 aliphatic heterocycles. The first-order valence-corrected chi connectivity index (χ1v) is 14.2. The Labute approximate surface area is 234 Å². The second-order valence-corrected chi connectivity index (χ2v) is 10.8. The molecule has 4 heterocycles. The number of piperidine rings is 1. The Kier molecular flexibility index (Phi) is 8.88. The highest BCUT2D eigenvalue weighted by Gasteiger charge is 2.26. The molecule has 0 radical (unpaired) electrons. The molecule has 3 aromatic rings. The summed E-state index contributed by atoms with van der Waals surface area (Å²) in [5.41, 5.74) is 4.55. The lowest BCUT2D eigenvalue weighted by Gasteiger charge is -2.33. The lowest BCUT2D eigenvalue weighted by molar-refractivity contribution is -0.135. The maximum Gasteiger partial charge on any atom is 0.242 e. The van der Waals surface area contributed by atoms with Crippen LogP contribution in [0.3, 0.4) is 0 Å². The van der Waals surface area contributed by atoms with Crippen molar-refractivity contribution in [3.8, 4) is 5.75 Å². The largest absolute Gasteiger partial charge is 0.494 e. The van der Waals surface area contributed by atoms with Crippen molar-refractivity contribution >= 4 is 28.8 Å². The van der Waals surface area contributed by atoms with Gasteiger partial charge in [0.15, 0.2) is 0 Å². The molecule has 0 saturated carbocycles. The maximum atomic E-state index is 13.3. The van der Waals surface area contributed by atoms with Crippen LogP contribution >= 0.6 is 0 Å². The molecular formula is C31H37N5O4. The number of amides is 3. The number of ether oxygens (including phenoxy) is 1. The van der Waals surface area contributed by atoms with Gasteiger partial charge in [-0.3, -0.25) is 24.4 Å². The number of carbonyl (C=O) groups excluding carboxylic acids is 3. The molecule has 2 aliphatic rings. The predicted octanol–water partition coefficient (Wildman–Crippen LogP) is 3.47. The van der Waals surface area contributed by atoms with E-state index >= 15 is 0 Å². The van der Waals surface area contributed by atoms with Gasteiger partial charge in [-0.2, -0.15) is 0 Å². The fourth-order valence-electron chi connectivity index (χ4n) is 5.46. The number of aromatic nitrogens is 2. The van der Waals surface area contributed by atoms with Crippen LogP contribution in [-0.4, -0.2) is 58.3 Å². The molecule has 2 atom stereocenters. The van der Waals surface area contributed by atoms with Crippen molar-refractivity contribution in [3.05, 3.63) is 65.5 Å². The Morgan fingerprint density at radius 3 is 2.85 bits per heavy atom. The van der Waals surface area contributed by atoms with E-state index < -0.39 is 6.04 Å². The first kappa shape index (κ1) is 27.6. The first-order valence-electron chi connectivity index (χ1n) is 14.2. The number of hydrogen-bond acceptors (Lipinski definition) is 6. The Morgan fingerprint density at radius 2 is 1.95 bits per heavy atom. The zero-order chi connectivity index (χ0) is 27.9. The van der Waals surface area contributed by atoms with Crippen LogP contribution in [0, 0.1) is 12.8 Å². The second kappa shape index (κ2) is 12.9. The first-order chi connectivity index (χ1) is 19.4. The van der Waals surface area contributed by atoms with Gasteiger partial charge in [0, 0.05) is 44.9 Å². The van der Waals surface area contributed by atoms with Gasteiger partial charge in [-0.25, -0.2) is 0 Å². The number of pyridine rings is 2. The molecule has 5 rings (SSSR count). The average molecular weight is 544 g/mol. The second-order valence-electron chi connectivity index (χ2n) is 10.8. The highest BCUT2D eigenvalue weighted by Crippen LogP contribution is 2.23. The molecule has 1 fully saturated rings. The molecule has 2 aromatic heterocycles. The Balaban J connectivity index is 1.32. The molecule has 210 valence electrons. The van der Waals surface area contributed by atoms with E-state index in [0.29, 0.717) is 38.5 Å². The van der Waals surface area contributed by atoms with E-state index in [1.807, 2.05) is 48.2 Å². The SMILES string of the molecule is Cc1ccc2cc1CNC(=O)C(CCc1cnc3cccnc3c1)NC(=O)CCC(=O)N1CCCC(CCO2)C1. The van der Waals surface area contributed by atoms with Crippen molar-refractivity contribution in [2.45, 2.75) is 64.5 Å². The van der Waals surface area contributed by atoms with E-state index in [1.165, 1.54) is 0 Å². The fourth-order valence-corrected chi connectivity index (χ4v) is 5.46. The van der Waals surface area contributed by atoms with Crippen molar-refractivity contribution in [2.24, 2.45) is 5.92 Å². The highest BCUT2D eigenvalue weighted by molar-refractivity contribution is 5.89. The van der Waals surface area contributed by atoms with Crippen LogP contribution in [0.15, 0.2) is 48.8 Å². The van der Waals surface area contributed by atoms with Crippen molar-refractivity contribution in [3.63, 3.8) is 0 Å². The molecule has 3 amide bonds. The van der Waals surface area contributed by atoms with Gasteiger partial charge < -0.3 is 20.3 Å². The summed E-state index contributed by atoms with van der Waals surface area (Å²) in [5.74, 6) is 0.576. The van der Waals surface area contributed by atoms with Gasteiger partial charge in [0.2, 0.25) is 17.7 Å². The topological polar surface area (TPSA) is 114 Å². The summed E-state index contributed by atoms with van der Waals surface area (Å²) in [4.78, 5) is 49.9. The predicted molar refractivity (Wildman–Crippen MR) is 151 cm³/mol. The third-order valence-electron chi connectivity index (χ3n) is 7.89. The Bertz CT molecular complexity index is 1380. The summed E-state index contributed by atoms with van der Waals surface area (Å²) in [6, 6.07) is 10.9. The lowest BCUT2D eigenvalue weighted by Crippen LogP contribution is -2.47. The van der Waals surface area contributed by atoms with Crippen LogP contribution in [0.2, 0.25) is 0 Å². The normalized spacial score (nSPS) is 21.1. The number of rotatable bonds is 3. The molecule has 1 aromatic carbocycles. The summed E-state index contributed by atoms with van der Waals surface area (Å²) in [6.07, 6.45) is 7.51. The standard InChI is InChI=1S/C31H37N5O4/c1-21-6-8-25-17-24(21)19-34-31(39)27(9-7-23-16-28-26(33-18-23)5-2-13-32-28)35-29(37)10-11-30(38)36-14-3-4-22(20-36)12-15-40-25/h2,5-6,8,13,16-18,22,27H,3-4,7,9-12,14-15,19-20H2,1H3,(H,34,39)(H,35,37). The minimum Gasteiger partial charge on any atom is -0.494 e. The monoisotopic (exact) mass is 543 g/mol. The highest BCUT2D eigenvalue weighted by atomic mass is 16.5. The maximum absolute atomic E-state index is 13.3. The fraction of sp³-hybridized carbons (Fsp3) is 0.452. The van der Waals surface area contributed by atoms with Gasteiger partial charge >= 0.3 is 0 Å². The summed E-state index contributed by atoms with van der Waals surface area (Å²) in [5, 5.41) is 5.90. The summed E-state index contributed by atoms with van der Waals surface area (Å²) >= 11 is 0. The number of carbonyl (C=O) groups is 3. The van der Waals surface area contributed by atoms with Crippen molar-refractivity contribution < 1.29 is 19.1 Å². The third kappa shape index (κ3) is 7.14. The molecule has 1 saturated heterocycles. The van der Waals surface area contributed by atoms with E-state index in [9.17, 15) is 14.4 Å². The summed E-state index contributed by atoms with van der Waals surface area (Å²) in [6.45, 7) is 4.32. The Hall–Kier alpha value is -4.01. The molecule has 40 heavy (non-hydrogen) atoms. The molecule has 9 nitrogen and oxygen atoms in total. The molecular weight excluding hydrogens is 506 g/mol. The van der Waals surface area contributed by atoms with Crippen molar-refractivity contribution in [2.75, 3.05) is 19.7 Å². The molecule has 4 bridgehead atoms. The van der Waals surface area contributed by atoms with Gasteiger partial charge in [-0.05, 0) is 92.0 Å². The number of fused-ring (bicyclic) bond motifs is 5. The summed E-state index contributed by atoms with van der Waals surface area (Å²) < 4.78 is 6.06. The van der Waals surface area contributed by atoms with E-state index in [0.717, 1.165) is 59.3 Å². The van der Waals surface area contributed by atoms with Crippen LogP contribution in [0.1, 0.15) is 55.2 Å². The van der Waals surface area contributed by atoms with Gasteiger partial charge in [-0.15, -0.1) is 0 Å². The van der Waals surface area contributed by atoms with Gasteiger partial charge in [0.05, 0.1) is 17.6 Å². The number of aryl methyl sites for hydroxylation is 2. The van der Waals surface area contributed by atoms with Crippen LogP contribution in [0.4, 0.5) is 0 Å². The van der Waals surface area contributed by atoms with Gasteiger partial charge in [-0.1, -0.05) is 6.07 Å². The van der Waals surface area contributed by atoms with Gasteiger partial charge in [0.1, 0.15) is 11.8 Å². The Morgan fingerprint density at radius 1 is 1.05 bits per heavy atom. The summed E-state index contributed by atoms with van der Waals surface area (Å²) in [7, 11) is 0. The minimum absolute atomic E-state index is 0.0131. The zero-order valence-corrected chi connectivity index (χ0v) is 23.0. The van der Waals surface area contributed by atoms with Gasteiger partial charge in [0.25, 0.3) is 0 Å². The van der Waals surface area contributed by atoms with E-state index in [2.05, 4.69) is 20.6 Å². The van der Waals surface area contributed by atoms with Crippen LogP contribution in [0.25, 0.3) is 11.0 Å². The minimum atomic E-state index is -0.750. The average Bonchev–Trinajstić information content (AvgIpc) is 2.97. The van der Waals surface area contributed by atoms with E-state index in [1.54, 1.807) is 12.4 Å². The number of nitrogens with one attached hydrogen (secondary N) is 2. The smallest absolute Gasteiger partial charge is 0.242 e. The number of hydrogen-bond donors (Lipinski definition) is 2. The molecule has 0 aliphatic carbocycles. The van der Waals surface area contributed by atoms with Crippen LogP contribution in [-0.2, 0) is 27.3 Å². The molecule has 2 unspecified atom stereocenters. The van der Waals surface area contributed by atoms with E-state index in [4.69, 9.17) is 4.74 Å². The van der Waals surface area contributed by atoms with E-state index in [-0.39, 0.29) is 30.6 Å². The molecule has 0 spiro atoms. The molecule has 9 heteroatoms. The van der Waals surface area contributed by atoms with Crippen molar-refractivity contribution in [1.29, 1.82) is 0 Å². The third-order valence-corrected chi connectivity index (χ3v) is 7.89. The number of benzene rings is 1. The van der Waals surface area contributed by atoms with Crippen LogP contribution in [0.5, 0.6) is 5.75 Å². The quantitative estimate of drug-likeness (QED) is 0.523. The molecule has 2 N–H and O–H groups in total. The zero-order valence-electron chi connectivity index (χ0n) is 23.0. The number of nitrogens with zero attached hydrogens (tertiary/aromatic N) is 3. The van der Waals surface area contributed by atoms with Crippen LogP contribution < -0.4 is 15.4 Å².